The molecule has 1 saturated heterocycles. The summed E-state index contributed by atoms with van der Waals surface area (Å²) >= 11 is 0. The van der Waals surface area contributed by atoms with Crippen molar-refractivity contribution in [3.63, 3.8) is 0 Å². The zero-order chi connectivity index (χ0) is 19.2. The van der Waals surface area contributed by atoms with E-state index in [1.165, 1.54) is 11.1 Å². The van der Waals surface area contributed by atoms with Crippen LogP contribution in [0.4, 0.5) is 0 Å². The maximum absolute atomic E-state index is 12.7. The summed E-state index contributed by atoms with van der Waals surface area (Å²) in [4.78, 5) is 22.7. The Labute approximate surface area is 165 Å². The minimum Gasteiger partial charge on any atom is -0.473 e. The fourth-order valence-electron chi connectivity index (χ4n) is 3.47. The number of amides is 1. The highest BCUT2D eigenvalue weighted by Gasteiger charge is 2.24. The van der Waals surface area contributed by atoms with Crippen LogP contribution in [0.1, 0.15) is 18.4 Å². The van der Waals surface area contributed by atoms with Crippen LogP contribution in [-0.2, 0) is 11.2 Å². The van der Waals surface area contributed by atoms with E-state index in [4.69, 9.17) is 4.74 Å². The number of carbonyl (C=O) groups excluding carboxylic acids is 1. The standard InChI is InChI=1S/C23H23N3O2/c27-23(16-18-6-8-20(9-7-18)19-4-2-1-3-5-19)26-14-10-21(11-15-26)28-22-17-24-12-13-25-22/h1-9,12-13,17,21H,10-11,14-16H2. The molecule has 0 aliphatic carbocycles. The highest BCUT2D eigenvalue weighted by Crippen LogP contribution is 2.21. The van der Waals surface area contributed by atoms with E-state index in [0.29, 0.717) is 25.4 Å². The van der Waals surface area contributed by atoms with Crippen molar-refractivity contribution in [2.75, 3.05) is 13.1 Å². The molecule has 5 nitrogen and oxygen atoms in total. The lowest BCUT2D eigenvalue weighted by molar-refractivity contribution is -0.132. The van der Waals surface area contributed by atoms with Gasteiger partial charge in [0.2, 0.25) is 11.8 Å². The van der Waals surface area contributed by atoms with Crippen LogP contribution < -0.4 is 4.74 Å². The number of carbonyl (C=O) groups is 1. The SMILES string of the molecule is O=C(Cc1ccc(-c2ccccc2)cc1)N1CCC(Oc2cnccn2)CC1. The van der Waals surface area contributed by atoms with Crippen LogP contribution in [0, 0.1) is 0 Å². The summed E-state index contributed by atoms with van der Waals surface area (Å²) in [6, 6.07) is 18.5. The Bertz CT molecular complexity index is 890. The lowest BCUT2D eigenvalue weighted by atomic mass is 10.0. The lowest BCUT2D eigenvalue weighted by Crippen LogP contribution is -2.42. The fourth-order valence-corrected chi connectivity index (χ4v) is 3.47. The van der Waals surface area contributed by atoms with Crippen LogP contribution in [0.15, 0.2) is 73.2 Å². The number of benzene rings is 2. The molecule has 5 heteroatoms. The summed E-state index contributed by atoms with van der Waals surface area (Å²) < 4.78 is 5.85. The fraction of sp³-hybridized carbons (Fsp3) is 0.261. The molecule has 0 spiro atoms. The normalized spacial score (nSPS) is 14.6. The Morgan fingerprint density at radius 3 is 2.36 bits per heavy atom. The van der Waals surface area contributed by atoms with Gasteiger partial charge in [0.1, 0.15) is 6.10 Å². The smallest absolute Gasteiger partial charge is 0.232 e. The van der Waals surface area contributed by atoms with E-state index in [0.717, 1.165) is 18.4 Å². The molecule has 1 amide bonds. The number of hydrogen-bond acceptors (Lipinski definition) is 4. The molecule has 142 valence electrons. The Kier molecular flexibility index (Phi) is 5.61. The Morgan fingerprint density at radius 1 is 0.964 bits per heavy atom. The number of rotatable bonds is 5. The van der Waals surface area contributed by atoms with Gasteiger partial charge < -0.3 is 9.64 Å². The van der Waals surface area contributed by atoms with Crippen molar-refractivity contribution < 1.29 is 9.53 Å². The molecule has 3 aromatic rings. The van der Waals surface area contributed by atoms with Gasteiger partial charge in [0, 0.05) is 38.3 Å². The number of ether oxygens (including phenoxy) is 1. The van der Waals surface area contributed by atoms with Gasteiger partial charge in [-0.2, -0.15) is 0 Å². The summed E-state index contributed by atoms with van der Waals surface area (Å²) in [5, 5.41) is 0. The third kappa shape index (κ3) is 4.55. The average molecular weight is 373 g/mol. The molecule has 1 aliphatic rings. The largest absolute Gasteiger partial charge is 0.473 e. The minimum absolute atomic E-state index is 0.0888. The van der Waals surface area contributed by atoms with Crippen molar-refractivity contribution in [1.29, 1.82) is 0 Å². The van der Waals surface area contributed by atoms with Crippen LogP contribution in [0.25, 0.3) is 11.1 Å². The van der Waals surface area contributed by atoms with Gasteiger partial charge in [-0.25, -0.2) is 4.98 Å². The van der Waals surface area contributed by atoms with Gasteiger partial charge in [-0.05, 0) is 16.7 Å². The third-order valence-corrected chi connectivity index (χ3v) is 5.04. The minimum atomic E-state index is 0.0888. The summed E-state index contributed by atoms with van der Waals surface area (Å²) in [6.45, 7) is 1.43. The first-order valence-corrected chi connectivity index (χ1v) is 9.63. The molecule has 4 rings (SSSR count). The predicted octanol–water partition coefficient (Wildman–Crippen LogP) is 3.76. The monoisotopic (exact) mass is 373 g/mol. The van der Waals surface area contributed by atoms with E-state index in [-0.39, 0.29) is 12.0 Å². The summed E-state index contributed by atoms with van der Waals surface area (Å²) in [6.07, 6.45) is 7.02. The first-order valence-electron chi connectivity index (χ1n) is 9.63. The molecule has 2 aromatic carbocycles. The molecule has 0 unspecified atom stereocenters. The highest BCUT2D eigenvalue weighted by molar-refractivity contribution is 5.79. The zero-order valence-electron chi connectivity index (χ0n) is 15.7. The van der Waals surface area contributed by atoms with Crippen molar-refractivity contribution in [1.82, 2.24) is 14.9 Å². The summed E-state index contributed by atoms with van der Waals surface area (Å²) in [5.74, 6) is 0.719. The highest BCUT2D eigenvalue weighted by atomic mass is 16.5. The van der Waals surface area contributed by atoms with Gasteiger partial charge in [-0.15, -0.1) is 0 Å². The van der Waals surface area contributed by atoms with Gasteiger partial charge in [-0.3, -0.25) is 9.78 Å². The molecule has 0 N–H and O–H groups in total. The Balaban J connectivity index is 1.29. The number of nitrogens with zero attached hydrogens (tertiary/aromatic N) is 3. The second kappa shape index (κ2) is 8.65. The maximum atomic E-state index is 12.7. The molecule has 28 heavy (non-hydrogen) atoms. The molecule has 0 atom stereocenters. The van der Waals surface area contributed by atoms with E-state index in [2.05, 4.69) is 34.2 Å². The molecule has 0 saturated carbocycles. The van der Waals surface area contributed by atoms with Crippen LogP contribution in [0.3, 0.4) is 0 Å². The summed E-state index contributed by atoms with van der Waals surface area (Å²) in [5.41, 5.74) is 3.40. The molecule has 0 radical (unpaired) electrons. The van der Waals surface area contributed by atoms with Gasteiger partial charge >= 0.3 is 0 Å². The summed E-state index contributed by atoms with van der Waals surface area (Å²) in [7, 11) is 0. The first kappa shape index (κ1) is 18.2. The van der Waals surface area contributed by atoms with Gasteiger partial charge in [0.05, 0.1) is 12.6 Å². The van der Waals surface area contributed by atoms with Crippen molar-refractivity contribution in [3.8, 4) is 17.0 Å². The van der Waals surface area contributed by atoms with Crippen LogP contribution in [0.2, 0.25) is 0 Å². The zero-order valence-corrected chi connectivity index (χ0v) is 15.7. The van der Waals surface area contributed by atoms with Crippen LogP contribution in [-0.4, -0.2) is 40.0 Å². The van der Waals surface area contributed by atoms with E-state index >= 15 is 0 Å². The number of aromatic nitrogens is 2. The van der Waals surface area contributed by atoms with Crippen molar-refractivity contribution in [2.45, 2.75) is 25.4 Å². The molecule has 1 aliphatic heterocycles. The van der Waals surface area contributed by atoms with Crippen molar-refractivity contribution >= 4 is 5.91 Å². The number of likely N-dealkylation sites (tertiary alicyclic amines) is 1. The topological polar surface area (TPSA) is 55.3 Å². The van der Waals surface area contributed by atoms with Gasteiger partial charge in [0.25, 0.3) is 0 Å². The Hall–Kier alpha value is -3.21. The molecular weight excluding hydrogens is 350 g/mol. The van der Waals surface area contributed by atoms with Crippen LogP contribution in [0.5, 0.6) is 5.88 Å². The van der Waals surface area contributed by atoms with E-state index in [9.17, 15) is 4.79 Å². The Morgan fingerprint density at radius 2 is 1.68 bits per heavy atom. The van der Waals surface area contributed by atoms with Crippen molar-refractivity contribution in [3.05, 3.63) is 78.8 Å². The van der Waals surface area contributed by atoms with E-state index in [1.807, 2.05) is 35.2 Å². The number of piperidine rings is 1. The second-order valence-electron chi connectivity index (χ2n) is 6.98. The molecular formula is C23H23N3O2. The lowest BCUT2D eigenvalue weighted by Gasteiger charge is -2.32. The first-order chi connectivity index (χ1) is 13.8. The quantitative estimate of drug-likeness (QED) is 0.683. The molecule has 0 bridgehead atoms. The van der Waals surface area contributed by atoms with Gasteiger partial charge in [0.15, 0.2) is 0 Å². The van der Waals surface area contributed by atoms with E-state index in [1.54, 1.807) is 18.6 Å². The molecule has 2 heterocycles. The predicted molar refractivity (Wildman–Crippen MR) is 108 cm³/mol. The second-order valence-corrected chi connectivity index (χ2v) is 6.98. The average Bonchev–Trinajstić information content (AvgIpc) is 2.76. The number of hydrogen-bond donors (Lipinski definition) is 0. The van der Waals surface area contributed by atoms with Crippen LogP contribution >= 0.6 is 0 Å². The van der Waals surface area contributed by atoms with Gasteiger partial charge in [-0.1, -0.05) is 54.6 Å². The molecule has 1 fully saturated rings. The maximum Gasteiger partial charge on any atom is 0.232 e. The third-order valence-electron chi connectivity index (χ3n) is 5.04. The molecule has 1 aromatic heterocycles. The van der Waals surface area contributed by atoms with Crippen molar-refractivity contribution in [2.24, 2.45) is 0 Å². The van der Waals surface area contributed by atoms with E-state index < -0.39 is 0 Å².